The van der Waals surface area contributed by atoms with Crippen LogP contribution in [0.3, 0.4) is 0 Å². The van der Waals surface area contributed by atoms with Crippen LogP contribution in [0.5, 0.6) is 5.75 Å². The molecule has 1 fully saturated rings. The molecular formula is C14H17N3O4. The summed E-state index contributed by atoms with van der Waals surface area (Å²) in [5.41, 5.74) is 0. The Morgan fingerprint density at radius 1 is 1.24 bits per heavy atom. The van der Waals surface area contributed by atoms with Gasteiger partial charge in [0.25, 0.3) is 5.91 Å². The van der Waals surface area contributed by atoms with E-state index in [4.69, 9.17) is 4.74 Å². The molecule has 1 atom stereocenters. The van der Waals surface area contributed by atoms with Crippen molar-refractivity contribution in [3.05, 3.63) is 30.3 Å². The molecule has 7 nitrogen and oxygen atoms in total. The summed E-state index contributed by atoms with van der Waals surface area (Å²) in [6.45, 7) is 0.536. The fraction of sp³-hybridized carbons (Fsp3) is 0.357. The number of nitrogens with one attached hydrogen (secondary N) is 3. The van der Waals surface area contributed by atoms with Crippen LogP contribution in [0.4, 0.5) is 4.79 Å². The maximum Gasteiger partial charge on any atom is 0.322 e. The maximum absolute atomic E-state index is 11.6. The van der Waals surface area contributed by atoms with Gasteiger partial charge >= 0.3 is 6.03 Å². The minimum absolute atomic E-state index is 0.0932. The van der Waals surface area contributed by atoms with Gasteiger partial charge in [0.2, 0.25) is 5.91 Å². The number of rotatable bonds is 7. The molecule has 0 radical (unpaired) electrons. The standard InChI is InChI=1S/C14H17N3O4/c18-12(15-9-11-13(19)17-14(20)16-11)7-4-8-21-10-5-2-1-3-6-10/h1-3,5-6,11H,4,7-9H2,(H,15,18)(H2,16,17,19,20). The van der Waals surface area contributed by atoms with Crippen molar-refractivity contribution in [1.82, 2.24) is 16.0 Å². The van der Waals surface area contributed by atoms with Crippen LogP contribution in [0.2, 0.25) is 0 Å². The molecule has 1 heterocycles. The highest BCUT2D eigenvalue weighted by Crippen LogP contribution is 2.08. The molecule has 1 aliphatic heterocycles. The van der Waals surface area contributed by atoms with Crippen molar-refractivity contribution in [2.45, 2.75) is 18.9 Å². The zero-order chi connectivity index (χ0) is 15.1. The molecule has 7 heteroatoms. The van der Waals surface area contributed by atoms with Crippen LogP contribution in [0, 0.1) is 0 Å². The van der Waals surface area contributed by atoms with Gasteiger partial charge in [0, 0.05) is 13.0 Å². The van der Waals surface area contributed by atoms with E-state index < -0.39 is 18.0 Å². The smallest absolute Gasteiger partial charge is 0.322 e. The molecule has 2 rings (SSSR count). The van der Waals surface area contributed by atoms with Gasteiger partial charge in [-0.05, 0) is 18.6 Å². The minimum atomic E-state index is -0.693. The van der Waals surface area contributed by atoms with E-state index in [2.05, 4.69) is 16.0 Å². The molecule has 0 saturated carbocycles. The molecule has 112 valence electrons. The SMILES string of the molecule is O=C(CCCOc1ccccc1)NCC1NC(=O)NC1=O. The molecular weight excluding hydrogens is 274 g/mol. The Bertz CT molecular complexity index is 518. The number of hydrogen-bond donors (Lipinski definition) is 3. The Balaban J connectivity index is 1.58. The highest BCUT2D eigenvalue weighted by molar-refractivity contribution is 6.04. The Morgan fingerprint density at radius 2 is 2.00 bits per heavy atom. The van der Waals surface area contributed by atoms with Gasteiger partial charge in [-0.3, -0.25) is 14.9 Å². The second-order valence-electron chi connectivity index (χ2n) is 4.58. The largest absolute Gasteiger partial charge is 0.494 e. The first-order valence-corrected chi connectivity index (χ1v) is 6.71. The van der Waals surface area contributed by atoms with Crippen molar-refractivity contribution in [3.8, 4) is 5.75 Å². The lowest BCUT2D eigenvalue weighted by Gasteiger charge is -2.09. The van der Waals surface area contributed by atoms with Crippen LogP contribution in [-0.2, 0) is 9.59 Å². The molecule has 1 unspecified atom stereocenters. The van der Waals surface area contributed by atoms with Crippen LogP contribution in [0.1, 0.15) is 12.8 Å². The van der Waals surface area contributed by atoms with Crippen molar-refractivity contribution in [2.24, 2.45) is 0 Å². The average molecular weight is 291 g/mol. The number of para-hydroxylation sites is 1. The topological polar surface area (TPSA) is 96.5 Å². The third kappa shape index (κ3) is 4.79. The second-order valence-corrected chi connectivity index (χ2v) is 4.58. The molecule has 1 aliphatic rings. The first-order valence-electron chi connectivity index (χ1n) is 6.71. The number of urea groups is 1. The van der Waals surface area contributed by atoms with E-state index in [1.807, 2.05) is 30.3 Å². The van der Waals surface area contributed by atoms with Crippen molar-refractivity contribution in [1.29, 1.82) is 0 Å². The molecule has 4 amide bonds. The lowest BCUT2D eigenvalue weighted by atomic mass is 10.2. The molecule has 21 heavy (non-hydrogen) atoms. The monoisotopic (exact) mass is 291 g/mol. The zero-order valence-electron chi connectivity index (χ0n) is 11.4. The quantitative estimate of drug-likeness (QED) is 0.493. The first kappa shape index (κ1) is 14.8. The van der Waals surface area contributed by atoms with Gasteiger partial charge in [0.05, 0.1) is 6.61 Å². The molecule has 0 aliphatic carbocycles. The molecule has 0 spiro atoms. The Labute approximate surface area is 122 Å². The number of amides is 4. The summed E-state index contributed by atoms with van der Waals surface area (Å²) in [6, 6.07) is 8.13. The van der Waals surface area contributed by atoms with Crippen molar-refractivity contribution >= 4 is 17.8 Å². The van der Waals surface area contributed by atoms with Gasteiger partial charge in [-0.25, -0.2) is 4.79 Å². The van der Waals surface area contributed by atoms with Crippen molar-refractivity contribution in [3.63, 3.8) is 0 Å². The van der Waals surface area contributed by atoms with Gasteiger partial charge in [-0.2, -0.15) is 0 Å². The van der Waals surface area contributed by atoms with E-state index in [1.165, 1.54) is 0 Å². The Morgan fingerprint density at radius 3 is 2.67 bits per heavy atom. The van der Waals surface area contributed by atoms with E-state index in [-0.39, 0.29) is 12.5 Å². The summed E-state index contributed by atoms with van der Waals surface area (Å²) in [4.78, 5) is 33.7. The van der Waals surface area contributed by atoms with E-state index >= 15 is 0 Å². The number of carbonyl (C=O) groups is 3. The van der Waals surface area contributed by atoms with E-state index in [9.17, 15) is 14.4 Å². The highest BCUT2D eigenvalue weighted by atomic mass is 16.5. The summed E-state index contributed by atoms with van der Waals surface area (Å²) in [7, 11) is 0. The lowest BCUT2D eigenvalue weighted by molar-refractivity contribution is -0.122. The van der Waals surface area contributed by atoms with Gasteiger partial charge in [0.15, 0.2) is 0 Å². The highest BCUT2D eigenvalue weighted by Gasteiger charge is 2.29. The molecule has 3 N–H and O–H groups in total. The summed E-state index contributed by atoms with van der Waals surface area (Å²) in [5.74, 6) is 0.163. The summed E-state index contributed by atoms with van der Waals surface area (Å²) >= 11 is 0. The Kier molecular flexibility index (Phi) is 5.14. The predicted octanol–water partition coefficient (Wildman–Crippen LogP) is 0.170. The normalized spacial score (nSPS) is 17.0. The van der Waals surface area contributed by atoms with E-state index in [1.54, 1.807) is 0 Å². The fourth-order valence-electron chi connectivity index (χ4n) is 1.85. The minimum Gasteiger partial charge on any atom is -0.494 e. The average Bonchev–Trinajstić information content (AvgIpc) is 2.80. The van der Waals surface area contributed by atoms with Crippen molar-refractivity contribution < 1.29 is 19.1 Å². The number of carbonyl (C=O) groups excluding carboxylic acids is 3. The fourth-order valence-corrected chi connectivity index (χ4v) is 1.85. The van der Waals surface area contributed by atoms with Gasteiger partial charge < -0.3 is 15.4 Å². The van der Waals surface area contributed by atoms with Crippen LogP contribution >= 0.6 is 0 Å². The second kappa shape index (κ2) is 7.28. The molecule has 0 bridgehead atoms. The first-order chi connectivity index (χ1) is 10.1. The molecule has 0 aromatic heterocycles. The van der Waals surface area contributed by atoms with Crippen LogP contribution in [0.25, 0.3) is 0 Å². The number of hydrogen-bond acceptors (Lipinski definition) is 4. The van der Waals surface area contributed by atoms with Crippen LogP contribution in [-0.4, -0.2) is 37.0 Å². The Hall–Kier alpha value is -2.57. The van der Waals surface area contributed by atoms with Gasteiger partial charge in [-0.1, -0.05) is 18.2 Å². The van der Waals surface area contributed by atoms with E-state index in [0.29, 0.717) is 19.4 Å². The third-order valence-electron chi connectivity index (χ3n) is 2.92. The number of imide groups is 1. The number of benzene rings is 1. The third-order valence-corrected chi connectivity index (χ3v) is 2.92. The molecule has 1 aromatic carbocycles. The predicted molar refractivity (Wildman–Crippen MR) is 74.6 cm³/mol. The summed E-state index contributed by atoms with van der Waals surface area (Å²) in [5, 5.41) is 7.11. The maximum atomic E-state index is 11.6. The lowest BCUT2D eigenvalue weighted by Crippen LogP contribution is -2.41. The molecule has 1 saturated heterocycles. The van der Waals surface area contributed by atoms with Crippen LogP contribution < -0.4 is 20.7 Å². The van der Waals surface area contributed by atoms with Gasteiger partial charge in [0.1, 0.15) is 11.8 Å². The summed E-state index contributed by atoms with van der Waals surface area (Å²) in [6.07, 6.45) is 0.874. The van der Waals surface area contributed by atoms with Crippen LogP contribution in [0.15, 0.2) is 30.3 Å². The van der Waals surface area contributed by atoms with E-state index in [0.717, 1.165) is 5.75 Å². The molecule has 1 aromatic rings. The van der Waals surface area contributed by atoms with Crippen molar-refractivity contribution in [2.75, 3.05) is 13.2 Å². The number of ether oxygens (including phenoxy) is 1. The summed E-state index contributed by atoms with van der Waals surface area (Å²) < 4.78 is 5.46. The zero-order valence-corrected chi connectivity index (χ0v) is 11.4. The van der Waals surface area contributed by atoms with Gasteiger partial charge in [-0.15, -0.1) is 0 Å².